The Labute approximate surface area is 141 Å². The van der Waals surface area contributed by atoms with Crippen molar-refractivity contribution in [2.24, 2.45) is 0 Å². The second kappa shape index (κ2) is 6.09. The first-order valence-electron chi connectivity index (χ1n) is 8.25. The summed E-state index contributed by atoms with van der Waals surface area (Å²) in [7, 11) is 2.08. The number of rotatable bonds is 2. The van der Waals surface area contributed by atoms with Gasteiger partial charge in [-0.2, -0.15) is 0 Å². The molecule has 0 bridgehead atoms. The third-order valence-electron chi connectivity index (χ3n) is 4.56. The Kier molecular flexibility index (Phi) is 3.78. The van der Waals surface area contributed by atoms with Crippen LogP contribution in [0.2, 0.25) is 0 Å². The first-order valence-corrected chi connectivity index (χ1v) is 8.25. The van der Waals surface area contributed by atoms with Crippen molar-refractivity contribution in [2.75, 3.05) is 33.2 Å². The van der Waals surface area contributed by atoms with Crippen molar-refractivity contribution < 1.29 is 4.79 Å². The molecule has 5 heteroatoms. The summed E-state index contributed by atoms with van der Waals surface area (Å²) in [6.45, 7) is 3.29. The maximum absolute atomic E-state index is 13.1. The molecule has 0 aliphatic carbocycles. The fourth-order valence-corrected chi connectivity index (χ4v) is 3.16. The molecule has 4 rings (SSSR count). The smallest absolute Gasteiger partial charge is 0.290 e. The summed E-state index contributed by atoms with van der Waals surface area (Å²) in [4.78, 5) is 21.9. The Morgan fingerprint density at radius 1 is 0.917 bits per heavy atom. The fourth-order valence-electron chi connectivity index (χ4n) is 3.16. The van der Waals surface area contributed by atoms with Gasteiger partial charge in [-0.25, -0.2) is 4.98 Å². The van der Waals surface area contributed by atoms with E-state index in [-0.39, 0.29) is 5.91 Å². The van der Waals surface area contributed by atoms with Crippen LogP contribution < -0.4 is 0 Å². The number of aromatic nitrogens is 2. The fraction of sp³-hybridized carbons (Fsp3) is 0.263. The van der Waals surface area contributed by atoms with E-state index in [4.69, 9.17) is 0 Å². The van der Waals surface area contributed by atoms with Crippen molar-refractivity contribution in [3.8, 4) is 5.69 Å². The van der Waals surface area contributed by atoms with Crippen LogP contribution in [0.4, 0.5) is 0 Å². The standard InChI is InChI=1S/C19H20N4O/c1-21-11-13-22(14-12-21)19(24)18-20-16-9-5-6-10-17(16)23(18)15-7-3-2-4-8-15/h2-10H,11-14H2,1H3. The number of hydrogen-bond acceptors (Lipinski definition) is 3. The van der Waals surface area contributed by atoms with Gasteiger partial charge in [0.1, 0.15) is 0 Å². The Morgan fingerprint density at radius 2 is 1.58 bits per heavy atom. The molecule has 0 unspecified atom stereocenters. The van der Waals surface area contributed by atoms with Gasteiger partial charge in [-0.3, -0.25) is 9.36 Å². The number of imidazole rings is 1. The van der Waals surface area contributed by atoms with Crippen molar-refractivity contribution in [1.29, 1.82) is 0 Å². The lowest BCUT2D eigenvalue weighted by Gasteiger charge is -2.32. The van der Waals surface area contributed by atoms with Crippen LogP contribution in [0.1, 0.15) is 10.6 Å². The minimum absolute atomic E-state index is 0.00292. The van der Waals surface area contributed by atoms with Crippen molar-refractivity contribution in [3.05, 3.63) is 60.4 Å². The molecule has 5 nitrogen and oxygen atoms in total. The zero-order valence-corrected chi connectivity index (χ0v) is 13.7. The number of nitrogens with zero attached hydrogens (tertiary/aromatic N) is 4. The molecule has 3 aromatic rings. The molecule has 2 aromatic carbocycles. The number of benzene rings is 2. The highest BCUT2D eigenvalue weighted by molar-refractivity contribution is 5.96. The summed E-state index contributed by atoms with van der Waals surface area (Å²) in [5.74, 6) is 0.495. The lowest BCUT2D eigenvalue weighted by Crippen LogP contribution is -2.47. The Bertz CT molecular complexity index is 863. The summed E-state index contributed by atoms with van der Waals surface area (Å²) < 4.78 is 1.97. The first-order chi connectivity index (χ1) is 11.7. The predicted octanol–water partition coefficient (Wildman–Crippen LogP) is 2.41. The van der Waals surface area contributed by atoms with Crippen LogP contribution >= 0.6 is 0 Å². The zero-order valence-electron chi connectivity index (χ0n) is 13.7. The highest BCUT2D eigenvalue weighted by atomic mass is 16.2. The second-order valence-electron chi connectivity index (χ2n) is 6.19. The van der Waals surface area contributed by atoms with E-state index in [1.807, 2.05) is 64.1 Å². The van der Waals surface area contributed by atoms with E-state index < -0.39 is 0 Å². The Hall–Kier alpha value is -2.66. The van der Waals surface area contributed by atoms with Gasteiger partial charge in [0.2, 0.25) is 5.82 Å². The van der Waals surface area contributed by atoms with E-state index in [0.717, 1.165) is 42.9 Å². The molecule has 0 saturated carbocycles. The number of fused-ring (bicyclic) bond motifs is 1. The lowest BCUT2D eigenvalue weighted by atomic mass is 10.2. The van der Waals surface area contributed by atoms with Gasteiger partial charge in [0.05, 0.1) is 11.0 Å². The lowest BCUT2D eigenvalue weighted by molar-refractivity contribution is 0.0650. The molecular weight excluding hydrogens is 300 g/mol. The molecule has 0 radical (unpaired) electrons. The predicted molar refractivity (Wildman–Crippen MR) is 94.5 cm³/mol. The monoisotopic (exact) mass is 320 g/mol. The molecule has 24 heavy (non-hydrogen) atoms. The van der Waals surface area contributed by atoms with E-state index in [9.17, 15) is 4.79 Å². The summed E-state index contributed by atoms with van der Waals surface area (Å²) >= 11 is 0. The largest absolute Gasteiger partial charge is 0.333 e. The number of amides is 1. The third kappa shape index (κ3) is 2.57. The second-order valence-corrected chi connectivity index (χ2v) is 6.19. The Balaban J connectivity index is 1.81. The Morgan fingerprint density at radius 3 is 2.33 bits per heavy atom. The molecule has 1 saturated heterocycles. The third-order valence-corrected chi connectivity index (χ3v) is 4.56. The van der Waals surface area contributed by atoms with Crippen LogP contribution in [-0.2, 0) is 0 Å². The topological polar surface area (TPSA) is 41.4 Å². The average Bonchev–Trinajstić information content (AvgIpc) is 3.02. The average molecular weight is 320 g/mol. The van der Waals surface area contributed by atoms with E-state index in [1.54, 1.807) is 0 Å². The van der Waals surface area contributed by atoms with Crippen LogP contribution in [0.5, 0.6) is 0 Å². The normalized spacial score (nSPS) is 15.8. The molecule has 122 valence electrons. The molecule has 1 aromatic heterocycles. The zero-order chi connectivity index (χ0) is 16.5. The van der Waals surface area contributed by atoms with Gasteiger partial charge in [-0.15, -0.1) is 0 Å². The summed E-state index contributed by atoms with van der Waals surface area (Å²) in [6, 6.07) is 17.9. The molecule has 1 fully saturated rings. The summed E-state index contributed by atoms with van der Waals surface area (Å²) in [5.41, 5.74) is 2.77. The van der Waals surface area contributed by atoms with Gasteiger partial charge >= 0.3 is 0 Å². The number of para-hydroxylation sites is 3. The van der Waals surface area contributed by atoms with Crippen molar-refractivity contribution >= 4 is 16.9 Å². The maximum Gasteiger partial charge on any atom is 0.290 e. The van der Waals surface area contributed by atoms with Crippen molar-refractivity contribution in [2.45, 2.75) is 0 Å². The van der Waals surface area contributed by atoms with Gasteiger partial charge in [0.25, 0.3) is 5.91 Å². The van der Waals surface area contributed by atoms with Gasteiger partial charge < -0.3 is 9.80 Å². The minimum Gasteiger partial charge on any atom is -0.333 e. The highest BCUT2D eigenvalue weighted by Crippen LogP contribution is 2.22. The number of likely N-dealkylation sites (N-methyl/N-ethyl adjacent to an activating group) is 1. The molecule has 0 spiro atoms. The van der Waals surface area contributed by atoms with Gasteiger partial charge in [0, 0.05) is 31.9 Å². The number of piperazine rings is 1. The molecule has 2 heterocycles. The SMILES string of the molecule is CN1CCN(C(=O)c2nc3ccccc3n2-c2ccccc2)CC1. The van der Waals surface area contributed by atoms with E-state index >= 15 is 0 Å². The first kappa shape index (κ1) is 14.9. The minimum atomic E-state index is 0.00292. The van der Waals surface area contributed by atoms with E-state index in [0.29, 0.717) is 5.82 Å². The van der Waals surface area contributed by atoms with E-state index in [2.05, 4.69) is 16.9 Å². The quantitative estimate of drug-likeness (QED) is 0.728. The van der Waals surface area contributed by atoms with Crippen molar-refractivity contribution in [3.63, 3.8) is 0 Å². The maximum atomic E-state index is 13.1. The molecule has 0 N–H and O–H groups in total. The number of carbonyl (C=O) groups is 1. The molecular formula is C19H20N4O. The van der Waals surface area contributed by atoms with Crippen LogP contribution in [0, 0.1) is 0 Å². The van der Waals surface area contributed by atoms with Crippen LogP contribution in [-0.4, -0.2) is 58.5 Å². The molecule has 1 aliphatic heterocycles. The van der Waals surface area contributed by atoms with Gasteiger partial charge in [0.15, 0.2) is 0 Å². The summed E-state index contributed by atoms with van der Waals surface area (Å²) in [6.07, 6.45) is 0. The van der Waals surface area contributed by atoms with Crippen molar-refractivity contribution in [1.82, 2.24) is 19.4 Å². The van der Waals surface area contributed by atoms with Crippen LogP contribution in [0.15, 0.2) is 54.6 Å². The molecule has 1 aliphatic rings. The van der Waals surface area contributed by atoms with E-state index in [1.165, 1.54) is 0 Å². The highest BCUT2D eigenvalue weighted by Gasteiger charge is 2.26. The number of carbonyl (C=O) groups excluding carboxylic acids is 1. The van der Waals surface area contributed by atoms with Crippen LogP contribution in [0.3, 0.4) is 0 Å². The number of hydrogen-bond donors (Lipinski definition) is 0. The van der Waals surface area contributed by atoms with Gasteiger partial charge in [-0.1, -0.05) is 30.3 Å². The molecule has 1 amide bonds. The van der Waals surface area contributed by atoms with Crippen LogP contribution in [0.25, 0.3) is 16.7 Å². The summed E-state index contributed by atoms with van der Waals surface area (Å²) in [5, 5.41) is 0. The molecule has 0 atom stereocenters. The van der Waals surface area contributed by atoms with Gasteiger partial charge in [-0.05, 0) is 31.3 Å².